The first kappa shape index (κ1) is 27.6. The molecule has 2 heterocycles. The Morgan fingerprint density at radius 1 is 1.03 bits per heavy atom. The molecule has 0 aromatic rings. The topological polar surface area (TPSA) is 95.9 Å². The number of carbonyl (C=O) groups excluding carboxylic acids is 2. The van der Waals surface area contributed by atoms with Gasteiger partial charge in [-0.15, -0.1) is 0 Å². The smallest absolute Gasteiger partial charge is 0.326 e. The van der Waals surface area contributed by atoms with Crippen LogP contribution in [0.3, 0.4) is 0 Å². The third-order valence-corrected chi connectivity index (χ3v) is 7.09. The summed E-state index contributed by atoms with van der Waals surface area (Å²) in [6, 6.07) is -1.85. The SMILES string of the molecule is CCCCCCCCCCCCCCC1CC(N[C@@H](C)C(=O)N2CCC[C@H]2C(=O)O)C(=O)O1. The zero-order valence-electron chi connectivity index (χ0n) is 20.9. The highest BCUT2D eigenvalue weighted by Crippen LogP contribution is 2.23. The molecule has 0 aromatic heterocycles. The predicted molar refractivity (Wildman–Crippen MR) is 129 cm³/mol. The molecule has 7 heteroatoms. The minimum atomic E-state index is -0.962. The lowest BCUT2D eigenvalue weighted by molar-refractivity contribution is -0.149. The number of unbranched alkanes of at least 4 members (excludes halogenated alkanes) is 11. The molecule has 0 aliphatic carbocycles. The van der Waals surface area contributed by atoms with Crippen molar-refractivity contribution in [1.82, 2.24) is 10.2 Å². The van der Waals surface area contributed by atoms with E-state index in [1.165, 1.54) is 75.5 Å². The molecule has 2 aliphatic heterocycles. The first-order valence-electron chi connectivity index (χ1n) is 13.4. The second-order valence-electron chi connectivity index (χ2n) is 9.94. The number of carboxylic acids is 1. The third kappa shape index (κ3) is 9.63. The Morgan fingerprint density at radius 2 is 1.61 bits per heavy atom. The lowest BCUT2D eigenvalue weighted by Gasteiger charge is -2.26. The molecule has 0 aromatic carbocycles. The lowest BCUT2D eigenvalue weighted by atomic mass is 10.0. The molecule has 4 atom stereocenters. The summed E-state index contributed by atoms with van der Waals surface area (Å²) in [6.07, 6.45) is 18.2. The van der Waals surface area contributed by atoms with E-state index in [0.29, 0.717) is 25.8 Å². The summed E-state index contributed by atoms with van der Waals surface area (Å²) in [5, 5.41) is 12.4. The van der Waals surface area contributed by atoms with E-state index in [0.717, 1.165) is 12.8 Å². The number of esters is 1. The molecular weight excluding hydrogens is 420 g/mol. The molecular formula is C26H46N2O5. The molecule has 0 spiro atoms. The van der Waals surface area contributed by atoms with Crippen molar-refractivity contribution in [2.24, 2.45) is 0 Å². The van der Waals surface area contributed by atoms with Crippen LogP contribution in [0.2, 0.25) is 0 Å². The molecule has 7 nitrogen and oxygen atoms in total. The summed E-state index contributed by atoms with van der Waals surface area (Å²) >= 11 is 0. The number of rotatable bonds is 17. The van der Waals surface area contributed by atoms with E-state index in [1.54, 1.807) is 6.92 Å². The van der Waals surface area contributed by atoms with Crippen LogP contribution in [0.4, 0.5) is 0 Å². The molecule has 0 bridgehead atoms. The van der Waals surface area contributed by atoms with E-state index in [2.05, 4.69) is 12.2 Å². The monoisotopic (exact) mass is 466 g/mol. The quantitative estimate of drug-likeness (QED) is 0.236. The van der Waals surface area contributed by atoms with E-state index < -0.39 is 24.1 Å². The molecule has 1 amide bonds. The molecule has 33 heavy (non-hydrogen) atoms. The molecule has 2 rings (SSSR count). The van der Waals surface area contributed by atoms with Crippen LogP contribution in [0.1, 0.15) is 117 Å². The fraction of sp³-hybridized carbons (Fsp3) is 0.885. The van der Waals surface area contributed by atoms with Crippen LogP contribution in [-0.2, 0) is 19.1 Å². The first-order chi connectivity index (χ1) is 15.9. The van der Waals surface area contributed by atoms with Crippen molar-refractivity contribution >= 4 is 17.8 Å². The fourth-order valence-electron chi connectivity index (χ4n) is 5.09. The van der Waals surface area contributed by atoms with Crippen molar-refractivity contribution in [2.75, 3.05) is 6.54 Å². The highest BCUT2D eigenvalue weighted by molar-refractivity contribution is 5.88. The Labute approximate surface area is 200 Å². The minimum absolute atomic E-state index is 0.0843. The normalized spacial score (nSPS) is 23.6. The van der Waals surface area contributed by atoms with Crippen LogP contribution < -0.4 is 5.32 Å². The van der Waals surface area contributed by atoms with E-state index in [9.17, 15) is 19.5 Å². The van der Waals surface area contributed by atoms with Gasteiger partial charge in [0.25, 0.3) is 0 Å². The number of ether oxygens (including phenoxy) is 1. The maximum Gasteiger partial charge on any atom is 0.326 e. The van der Waals surface area contributed by atoms with Gasteiger partial charge in [0.2, 0.25) is 5.91 Å². The Hall–Kier alpha value is -1.63. The van der Waals surface area contributed by atoms with Crippen molar-refractivity contribution in [1.29, 1.82) is 0 Å². The van der Waals surface area contributed by atoms with Crippen molar-refractivity contribution in [3.05, 3.63) is 0 Å². The van der Waals surface area contributed by atoms with E-state index in [-0.39, 0.29) is 18.0 Å². The van der Waals surface area contributed by atoms with E-state index in [4.69, 9.17) is 4.74 Å². The molecule has 2 aliphatic rings. The Morgan fingerprint density at radius 3 is 2.18 bits per heavy atom. The Kier molecular flexibility index (Phi) is 12.8. The number of cyclic esters (lactones) is 1. The van der Waals surface area contributed by atoms with Gasteiger partial charge in [0.1, 0.15) is 18.2 Å². The Balaban J connectivity index is 1.54. The molecule has 2 unspecified atom stereocenters. The van der Waals surface area contributed by atoms with Gasteiger partial charge in [0, 0.05) is 13.0 Å². The summed E-state index contributed by atoms with van der Waals surface area (Å²) in [4.78, 5) is 37.7. The summed E-state index contributed by atoms with van der Waals surface area (Å²) < 4.78 is 5.52. The molecule has 2 N–H and O–H groups in total. The number of aliphatic carboxylic acids is 1. The van der Waals surface area contributed by atoms with E-state index >= 15 is 0 Å². The van der Waals surface area contributed by atoms with Crippen molar-refractivity contribution in [2.45, 2.75) is 141 Å². The first-order valence-corrected chi connectivity index (χ1v) is 13.4. The summed E-state index contributed by atoms with van der Waals surface area (Å²) in [5.41, 5.74) is 0. The number of carboxylic acid groups (broad SMARTS) is 1. The molecule has 0 radical (unpaired) electrons. The Bertz CT molecular complexity index is 611. The van der Waals surface area contributed by atoms with Crippen LogP contribution in [-0.4, -0.2) is 58.6 Å². The molecule has 2 fully saturated rings. The third-order valence-electron chi connectivity index (χ3n) is 7.09. The number of nitrogens with one attached hydrogen (secondary N) is 1. The zero-order valence-corrected chi connectivity index (χ0v) is 20.9. The minimum Gasteiger partial charge on any atom is -0.480 e. The second kappa shape index (κ2) is 15.3. The number of hydrogen-bond donors (Lipinski definition) is 2. The number of likely N-dealkylation sites (tertiary alicyclic amines) is 1. The maximum absolute atomic E-state index is 12.7. The van der Waals surface area contributed by atoms with Gasteiger partial charge >= 0.3 is 11.9 Å². The van der Waals surface area contributed by atoms with Crippen molar-refractivity contribution < 1.29 is 24.2 Å². The molecule has 190 valence electrons. The average Bonchev–Trinajstić information content (AvgIpc) is 3.41. The van der Waals surface area contributed by atoms with Crippen LogP contribution in [0.5, 0.6) is 0 Å². The van der Waals surface area contributed by atoms with Gasteiger partial charge in [0.05, 0.1) is 6.04 Å². The molecule has 0 saturated carbocycles. The van der Waals surface area contributed by atoms with E-state index in [1.807, 2.05) is 0 Å². The second-order valence-corrected chi connectivity index (χ2v) is 9.94. The van der Waals surface area contributed by atoms with Crippen LogP contribution in [0.25, 0.3) is 0 Å². The van der Waals surface area contributed by atoms with Crippen LogP contribution in [0.15, 0.2) is 0 Å². The number of hydrogen-bond acceptors (Lipinski definition) is 5. The molecule has 2 saturated heterocycles. The largest absolute Gasteiger partial charge is 0.480 e. The summed E-state index contributed by atoms with van der Waals surface area (Å²) in [6.45, 7) is 4.41. The van der Waals surface area contributed by atoms with Gasteiger partial charge in [-0.1, -0.05) is 77.6 Å². The maximum atomic E-state index is 12.7. The van der Waals surface area contributed by atoms with Gasteiger partial charge in [-0.05, 0) is 32.6 Å². The van der Waals surface area contributed by atoms with Crippen molar-refractivity contribution in [3.63, 3.8) is 0 Å². The standard InChI is InChI=1S/C26H46N2O5/c1-3-4-5-6-7-8-9-10-11-12-13-14-16-21-19-22(26(32)33-21)27-20(2)24(29)28-18-15-17-23(28)25(30)31/h20-23,27H,3-19H2,1-2H3,(H,30,31)/t20-,21?,22?,23-/m0/s1. The van der Waals surface area contributed by atoms with Crippen LogP contribution in [0, 0.1) is 0 Å². The van der Waals surface area contributed by atoms with Crippen molar-refractivity contribution in [3.8, 4) is 0 Å². The van der Waals surface area contributed by atoms with Gasteiger partial charge in [0.15, 0.2) is 0 Å². The number of amides is 1. The predicted octanol–water partition coefficient (Wildman–Crippen LogP) is 4.82. The van der Waals surface area contributed by atoms with Gasteiger partial charge in [-0.3, -0.25) is 14.9 Å². The van der Waals surface area contributed by atoms with Gasteiger partial charge in [-0.25, -0.2) is 4.79 Å². The summed E-state index contributed by atoms with van der Waals surface area (Å²) in [5.74, 6) is -1.51. The highest BCUT2D eigenvalue weighted by atomic mass is 16.6. The lowest BCUT2D eigenvalue weighted by Crippen LogP contribution is -2.52. The highest BCUT2D eigenvalue weighted by Gasteiger charge is 2.39. The average molecular weight is 467 g/mol. The summed E-state index contributed by atoms with van der Waals surface area (Å²) in [7, 11) is 0. The fourth-order valence-corrected chi connectivity index (χ4v) is 5.09. The van der Waals surface area contributed by atoms with Gasteiger partial charge in [-0.2, -0.15) is 0 Å². The van der Waals surface area contributed by atoms with Crippen LogP contribution >= 0.6 is 0 Å². The van der Waals surface area contributed by atoms with Gasteiger partial charge < -0.3 is 14.7 Å². The number of nitrogens with zero attached hydrogens (tertiary/aromatic N) is 1. The number of carbonyl (C=O) groups is 3. The zero-order chi connectivity index (χ0) is 24.1.